The van der Waals surface area contributed by atoms with Crippen LogP contribution in [0.4, 0.5) is 0 Å². The highest BCUT2D eigenvalue weighted by atomic mass is 16.4. The lowest BCUT2D eigenvalue weighted by Gasteiger charge is -2.25. The molecule has 0 heterocycles. The van der Waals surface area contributed by atoms with E-state index in [9.17, 15) is 14.7 Å². The molecule has 4 heteroatoms. The van der Waals surface area contributed by atoms with Gasteiger partial charge in [-0.2, -0.15) is 0 Å². The molecule has 0 aliphatic heterocycles. The van der Waals surface area contributed by atoms with Gasteiger partial charge >= 0.3 is 5.97 Å². The lowest BCUT2D eigenvalue weighted by molar-refractivity contribution is -0.142. The minimum absolute atomic E-state index is 0.129. The Morgan fingerprint density at radius 1 is 1.25 bits per heavy atom. The van der Waals surface area contributed by atoms with Gasteiger partial charge in [-0.05, 0) is 37.2 Å². The van der Waals surface area contributed by atoms with Gasteiger partial charge in [-0.25, -0.2) is 4.79 Å². The number of amides is 1. The number of aliphatic carboxylic acids is 1. The summed E-state index contributed by atoms with van der Waals surface area (Å²) in [4.78, 5) is 23.0. The molecule has 1 aliphatic rings. The molecule has 1 atom stereocenters. The Morgan fingerprint density at radius 3 is 2.50 bits per heavy atom. The van der Waals surface area contributed by atoms with Crippen LogP contribution in [0.2, 0.25) is 0 Å². The second-order valence-electron chi connectivity index (χ2n) is 5.48. The average Bonchev–Trinajstić information content (AvgIpc) is 2.39. The third-order valence-electron chi connectivity index (χ3n) is 3.90. The first-order valence-corrected chi connectivity index (χ1v) is 7.21. The van der Waals surface area contributed by atoms with E-state index in [0.717, 1.165) is 18.4 Å². The van der Waals surface area contributed by atoms with Gasteiger partial charge in [0.25, 0.3) is 0 Å². The van der Waals surface area contributed by atoms with E-state index < -0.39 is 12.0 Å². The molecule has 1 fully saturated rings. The minimum atomic E-state index is -0.956. The van der Waals surface area contributed by atoms with Crippen LogP contribution in [0.15, 0.2) is 30.3 Å². The standard InChI is InChI=1S/C16H21NO3/c18-15(11-13-7-4-8-13)17-14(16(19)20)10-9-12-5-2-1-3-6-12/h1-3,5-6,13-14H,4,7-11H2,(H,17,18)(H,19,20)/t14-/m0/s1. The molecule has 20 heavy (non-hydrogen) atoms. The topological polar surface area (TPSA) is 66.4 Å². The van der Waals surface area contributed by atoms with Crippen LogP contribution in [0, 0.1) is 5.92 Å². The number of aryl methyl sites for hydroxylation is 1. The van der Waals surface area contributed by atoms with Gasteiger partial charge in [-0.15, -0.1) is 0 Å². The zero-order chi connectivity index (χ0) is 14.4. The molecular weight excluding hydrogens is 254 g/mol. The van der Waals surface area contributed by atoms with E-state index in [-0.39, 0.29) is 5.91 Å². The van der Waals surface area contributed by atoms with Crippen molar-refractivity contribution < 1.29 is 14.7 Å². The van der Waals surface area contributed by atoms with Gasteiger partial charge in [0, 0.05) is 6.42 Å². The Bertz CT molecular complexity index is 454. The van der Waals surface area contributed by atoms with E-state index >= 15 is 0 Å². The highest BCUT2D eigenvalue weighted by molar-refractivity contribution is 5.83. The van der Waals surface area contributed by atoms with Crippen LogP contribution in [-0.4, -0.2) is 23.0 Å². The number of carboxylic acid groups (broad SMARTS) is 1. The molecule has 2 rings (SSSR count). The molecule has 0 spiro atoms. The summed E-state index contributed by atoms with van der Waals surface area (Å²) in [5, 5.41) is 11.8. The van der Waals surface area contributed by atoms with Crippen LogP contribution in [0.1, 0.15) is 37.7 Å². The Labute approximate surface area is 119 Å². The number of carbonyl (C=O) groups excluding carboxylic acids is 1. The number of nitrogens with one attached hydrogen (secondary N) is 1. The predicted molar refractivity (Wildman–Crippen MR) is 76.3 cm³/mol. The zero-order valence-corrected chi connectivity index (χ0v) is 11.5. The number of carbonyl (C=O) groups is 2. The third kappa shape index (κ3) is 4.37. The third-order valence-corrected chi connectivity index (χ3v) is 3.90. The van der Waals surface area contributed by atoms with Crippen LogP contribution in [0.25, 0.3) is 0 Å². The van der Waals surface area contributed by atoms with Crippen LogP contribution >= 0.6 is 0 Å². The Morgan fingerprint density at radius 2 is 1.95 bits per heavy atom. The quantitative estimate of drug-likeness (QED) is 0.803. The Kier molecular flexibility index (Phi) is 5.16. The molecule has 1 aromatic carbocycles. The molecule has 0 saturated heterocycles. The van der Waals surface area contributed by atoms with Crippen molar-refractivity contribution in [2.24, 2.45) is 5.92 Å². The number of rotatable bonds is 7. The normalized spacial score (nSPS) is 16.2. The van der Waals surface area contributed by atoms with E-state index in [2.05, 4.69) is 5.32 Å². The summed E-state index contributed by atoms with van der Waals surface area (Å²) in [6.45, 7) is 0. The summed E-state index contributed by atoms with van der Waals surface area (Å²) in [7, 11) is 0. The van der Waals surface area contributed by atoms with Crippen molar-refractivity contribution in [3.05, 3.63) is 35.9 Å². The minimum Gasteiger partial charge on any atom is -0.480 e. The maximum absolute atomic E-state index is 11.8. The number of benzene rings is 1. The average molecular weight is 275 g/mol. The molecule has 2 N–H and O–H groups in total. The van der Waals surface area contributed by atoms with Crippen LogP contribution in [-0.2, 0) is 16.0 Å². The molecular formula is C16H21NO3. The van der Waals surface area contributed by atoms with Crippen molar-refractivity contribution in [1.29, 1.82) is 0 Å². The van der Waals surface area contributed by atoms with Gasteiger partial charge in [-0.3, -0.25) is 4.79 Å². The number of carboxylic acids is 1. The summed E-state index contributed by atoms with van der Waals surface area (Å²) in [5.41, 5.74) is 1.09. The van der Waals surface area contributed by atoms with Gasteiger partial charge in [-0.1, -0.05) is 36.8 Å². The molecule has 108 valence electrons. The van der Waals surface area contributed by atoms with Gasteiger partial charge < -0.3 is 10.4 Å². The first-order valence-electron chi connectivity index (χ1n) is 7.21. The number of hydrogen-bond donors (Lipinski definition) is 2. The largest absolute Gasteiger partial charge is 0.480 e. The van der Waals surface area contributed by atoms with Gasteiger partial charge in [0.15, 0.2) is 0 Å². The second kappa shape index (κ2) is 7.08. The Balaban J connectivity index is 1.80. The molecule has 0 aromatic heterocycles. The first-order chi connectivity index (χ1) is 9.65. The van der Waals surface area contributed by atoms with Crippen LogP contribution in [0.3, 0.4) is 0 Å². The fraction of sp³-hybridized carbons (Fsp3) is 0.500. The fourth-order valence-corrected chi connectivity index (χ4v) is 2.43. The predicted octanol–water partition coefficient (Wildman–Crippen LogP) is 2.38. The zero-order valence-electron chi connectivity index (χ0n) is 11.5. The molecule has 1 amide bonds. The summed E-state index contributed by atoms with van der Waals surface area (Å²) in [5.74, 6) is -0.628. The maximum atomic E-state index is 11.8. The summed E-state index contributed by atoms with van der Waals surface area (Å²) in [6.07, 6.45) is 4.92. The van der Waals surface area contributed by atoms with Crippen molar-refractivity contribution in [2.45, 2.75) is 44.6 Å². The molecule has 0 radical (unpaired) electrons. The highest BCUT2D eigenvalue weighted by Crippen LogP contribution is 2.29. The molecule has 4 nitrogen and oxygen atoms in total. The van der Waals surface area contributed by atoms with Crippen molar-refractivity contribution >= 4 is 11.9 Å². The first kappa shape index (κ1) is 14.6. The van der Waals surface area contributed by atoms with Crippen LogP contribution < -0.4 is 5.32 Å². The van der Waals surface area contributed by atoms with E-state index in [1.807, 2.05) is 30.3 Å². The van der Waals surface area contributed by atoms with E-state index in [1.54, 1.807) is 0 Å². The van der Waals surface area contributed by atoms with Crippen LogP contribution in [0.5, 0.6) is 0 Å². The van der Waals surface area contributed by atoms with Crippen molar-refractivity contribution in [1.82, 2.24) is 5.32 Å². The van der Waals surface area contributed by atoms with Gasteiger partial charge in [0.2, 0.25) is 5.91 Å². The van der Waals surface area contributed by atoms with E-state index in [1.165, 1.54) is 6.42 Å². The molecule has 1 aliphatic carbocycles. The summed E-state index contributed by atoms with van der Waals surface area (Å²) >= 11 is 0. The highest BCUT2D eigenvalue weighted by Gasteiger charge is 2.24. The lowest BCUT2D eigenvalue weighted by Crippen LogP contribution is -2.42. The van der Waals surface area contributed by atoms with Crippen molar-refractivity contribution in [3.63, 3.8) is 0 Å². The summed E-state index contributed by atoms with van der Waals surface area (Å²) < 4.78 is 0. The Hall–Kier alpha value is -1.84. The second-order valence-corrected chi connectivity index (χ2v) is 5.48. The molecule has 0 unspecified atom stereocenters. The van der Waals surface area contributed by atoms with Gasteiger partial charge in [0.1, 0.15) is 6.04 Å². The fourth-order valence-electron chi connectivity index (χ4n) is 2.43. The van der Waals surface area contributed by atoms with Crippen molar-refractivity contribution in [3.8, 4) is 0 Å². The lowest BCUT2D eigenvalue weighted by atomic mass is 9.83. The maximum Gasteiger partial charge on any atom is 0.326 e. The SMILES string of the molecule is O=C(CC1CCC1)N[C@@H](CCc1ccccc1)C(=O)O. The van der Waals surface area contributed by atoms with E-state index in [0.29, 0.717) is 25.2 Å². The molecule has 0 bridgehead atoms. The van der Waals surface area contributed by atoms with E-state index in [4.69, 9.17) is 0 Å². The number of hydrogen-bond acceptors (Lipinski definition) is 2. The monoisotopic (exact) mass is 275 g/mol. The molecule has 1 aromatic rings. The molecule has 1 saturated carbocycles. The summed E-state index contributed by atoms with van der Waals surface area (Å²) in [6, 6.07) is 8.94. The van der Waals surface area contributed by atoms with Crippen molar-refractivity contribution in [2.75, 3.05) is 0 Å². The smallest absolute Gasteiger partial charge is 0.326 e. The van der Waals surface area contributed by atoms with Gasteiger partial charge in [0.05, 0.1) is 0 Å².